The van der Waals surface area contributed by atoms with Gasteiger partial charge in [-0.3, -0.25) is 4.90 Å². The Morgan fingerprint density at radius 3 is 2.54 bits per heavy atom. The maximum atomic E-state index is 8.96. The Labute approximate surface area is 80.9 Å². The van der Waals surface area contributed by atoms with Gasteiger partial charge in [-0.1, -0.05) is 12.8 Å². The Kier molecular flexibility index (Phi) is 4.70. The van der Waals surface area contributed by atoms with E-state index in [0.717, 1.165) is 6.54 Å². The smallest absolute Gasteiger partial charge is 0.0558 e. The van der Waals surface area contributed by atoms with E-state index >= 15 is 0 Å². The summed E-state index contributed by atoms with van der Waals surface area (Å²) in [7, 11) is 0. The van der Waals surface area contributed by atoms with Gasteiger partial charge in [0.2, 0.25) is 0 Å². The van der Waals surface area contributed by atoms with Gasteiger partial charge in [-0.2, -0.15) is 0 Å². The fourth-order valence-electron chi connectivity index (χ4n) is 2.25. The molecule has 0 bridgehead atoms. The molecule has 0 radical (unpaired) electrons. The van der Waals surface area contributed by atoms with Crippen LogP contribution in [-0.4, -0.2) is 41.8 Å². The van der Waals surface area contributed by atoms with E-state index in [2.05, 4.69) is 11.8 Å². The Balaban J connectivity index is 2.44. The molecule has 0 heterocycles. The lowest BCUT2D eigenvalue weighted by Crippen LogP contribution is -2.45. The molecule has 0 saturated heterocycles. The first-order valence-electron chi connectivity index (χ1n) is 5.36. The molecule has 1 rings (SSSR count). The van der Waals surface area contributed by atoms with Crippen LogP contribution in [0.1, 0.15) is 32.6 Å². The summed E-state index contributed by atoms with van der Waals surface area (Å²) in [6, 6.07) is 1.08. The van der Waals surface area contributed by atoms with E-state index in [1.807, 2.05) is 0 Å². The molecule has 0 amide bonds. The minimum absolute atomic E-state index is 0.251. The number of aliphatic hydroxyl groups is 1. The third kappa shape index (κ3) is 2.93. The van der Waals surface area contributed by atoms with Crippen LogP contribution >= 0.6 is 0 Å². The molecule has 3 nitrogen and oxygen atoms in total. The molecule has 0 aromatic carbocycles. The molecular weight excluding hydrogens is 164 g/mol. The molecular formula is C10H22N2O. The summed E-state index contributed by atoms with van der Waals surface area (Å²) >= 11 is 0. The van der Waals surface area contributed by atoms with Gasteiger partial charge in [-0.15, -0.1) is 0 Å². The van der Waals surface area contributed by atoms with Crippen LogP contribution in [0.2, 0.25) is 0 Å². The van der Waals surface area contributed by atoms with Crippen LogP contribution in [0.15, 0.2) is 0 Å². The van der Waals surface area contributed by atoms with E-state index in [1.165, 1.54) is 25.7 Å². The Morgan fingerprint density at radius 1 is 1.46 bits per heavy atom. The molecule has 1 aliphatic carbocycles. The highest BCUT2D eigenvalue weighted by Gasteiger charge is 2.24. The summed E-state index contributed by atoms with van der Waals surface area (Å²) in [5.41, 5.74) is 5.65. The van der Waals surface area contributed by atoms with Gasteiger partial charge in [0, 0.05) is 25.2 Å². The minimum atomic E-state index is 0.251. The highest BCUT2D eigenvalue weighted by molar-refractivity contribution is 4.81. The first kappa shape index (κ1) is 11.0. The van der Waals surface area contributed by atoms with E-state index in [4.69, 9.17) is 10.8 Å². The summed E-state index contributed by atoms with van der Waals surface area (Å²) in [6.07, 6.45) is 5.24. The zero-order chi connectivity index (χ0) is 9.68. The van der Waals surface area contributed by atoms with Crippen LogP contribution in [0.5, 0.6) is 0 Å². The van der Waals surface area contributed by atoms with Gasteiger partial charge in [0.1, 0.15) is 0 Å². The summed E-state index contributed by atoms with van der Waals surface area (Å²) in [6.45, 7) is 3.87. The van der Waals surface area contributed by atoms with Crippen LogP contribution < -0.4 is 5.73 Å². The number of rotatable bonds is 5. The molecule has 1 fully saturated rings. The second-order valence-corrected chi connectivity index (χ2v) is 3.98. The van der Waals surface area contributed by atoms with E-state index in [1.54, 1.807) is 0 Å². The van der Waals surface area contributed by atoms with Crippen LogP contribution in [-0.2, 0) is 0 Å². The maximum Gasteiger partial charge on any atom is 0.0558 e. The second kappa shape index (κ2) is 5.58. The average molecular weight is 186 g/mol. The normalized spacial score (nSPS) is 21.2. The van der Waals surface area contributed by atoms with Crippen molar-refractivity contribution in [2.24, 2.45) is 5.73 Å². The standard InChI is InChI=1S/C10H22N2O/c1-9(8-11)12(6-7-13)10-4-2-3-5-10/h9-10,13H,2-8,11H2,1H3. The zero-order valence-electron chi connectivity index (χ0n) is 8.58. The van der Waals surface area contributed by atoms with E-state index < -0.39 is 0 Å². The monoisotopic (exact) mass is 186 g/mol. The van der Waals surface area contributed by atoms with Crippen molar-refractivity contribution in [2.45, 2.75) is 44.7 Å². The van der Waals surface area contributed by atoms with Crippen LogP contribution in [0.3, 0.4) is 0 Å². The molecule has 1 unspecified atom stereocenters. The number of nitrogens with zero attached hydrogens (tertiary/aromatic N) is 1. The first-order valence-corrected chi connectivity index (χ1v) is 5.36. The number of aliphatic hydroxyl groups excluding tert-OH is 1. The average Bonchev–Trinajstić information content (AvgIpc) is 2.65. The van der Waals surface area contributed by atoms with Gasteiger partial charge in [0.15, 0.2) is 0 Å². The molecule has 1 aliphatic rings. The van der Waals surface area contributed by atoms with Gasteiger partial charge in [-0.25, -0.2) is 0 Å². The van der Waals surface area contributed by atoms with Crippen LogP contribution in [0, 0.1) is 0 Å². The lowest BCUT2D eigenvalue weighted by atomic mass is 10.1. The third-order valence-corrected chi connectivity index (χ3v) is 3.06. The molecule has 3 N–H and O–H groups in total. The molecule has 0 aromatic heterocycles. The summed E-state index contributed by atoms with van der Waals surface area (Å²) in [5, 5.41) is 8.96. The molecule has 3 heteroatoms. The summed E-state index contributed by atoms with van der Waals surface area (Å²) in [5.74, 6) is 0. The fourth-order valence-corrected chi connectivity index (χ4v) is 2.25. The molecule has 13 heavy (non-hydrogen) atoms. The summed E-state index contributed by atoms with van der Waals surface area (Å²) < 4.78 is 0. The molecule has 1 atom stereocenters. The van der Waals surface area contributed by atoms with Crippen LogP contribution in [0.25, 0.3) is 0 Å². The summed E-state index contributed by atoms with van der Waals surface area (Å²) in [4.78, 5) is 2.37. The maximum absolute atomic E-state index is 8.96. The van der Waals surface area contributed by atoms with Crippen molar-refractivity contribution in [1.29, 1.82) is 0 Å². The highest BCUT2D eigenvalue weighted by Crippen LogP contribution is 2.24. The fraction of sp³-hybridized carbons (Fsp3) is 1.00. The van der Waals surface area contributed by atoms with Crippen molar-refractivity contribution in [1.82, 2.24) is 4.90 Å². The van der Waals surface area contributed by atoms with Crippen molar-refractivity contribution >= 4 is 0 Å². The lowest BCUT2D eigenvalue weighted by Gasteiger charge is -2.33. The van der Waals surface area contributed by atoms with Crippen LogP contribution in [0.4, 0.5) is 0 Å². The lowest BCUT2D eigenvalue weighted by molar-refractivity contribution is 0.115. The highest BCUT2D eigenvalue weighted by atomic mass is 16.3. The Hall–Kier alpha value is -0.120. The molecule has 0 spiro atoms. The minimum Gasteiger partial charge on any atom is -0.395 e. The topological polar surface area (TPSA) is 49.5 Å². The molecule has 78 valence electrons. The second-order valence-electron chi connectivity index (χ2n) is 3.98. The van der Waals surface area contributed by atoms with Crippen molar-refractivity contribution in [2.75, 3.05) is 19.7 Å². The number of hydrogen-bond donors (Lipinski definition) is 2. The Bertz CT molecular complexity index is 135. The van der Waals surface area contributed by atoms with Crippen molar-refractivity contribution in [3.8, 4) is 0 Å². The van der Waals surface area contributed by atoms with E-state index in [-0.39, 0.29) is 6.61 Å². The first-order chi connectivity index (χ1) is 6.29. The predicted octanol–water partition coefficient (Wildman–Crippen LogP) is 0.570. The predicted molar refractivity (Wildman–Crippen MR) is 54.6 cm³/mol. The molecule has 1 saturated carbocycles. The number of hydrogen-bond acceptors (Lipinski definition) is 3. The van der Waals surface area contributed by atoms with E-state index in [9.17, 15) is 0 Å². The van der Waals surface area contributed by atoms with Gasteiger partial charge < -0.3 is 10.8 Å². The quantitative estimate of drug-likeness (QED) is 0.660. The van der Waals surface area contributed by atoms with Gasteiger partial charge in [-0.05, 0) is 19.8 Å². The van der Waals surface area contributed by atoms with Gasteiger partial charge >= 0.3 is 0 Å². The largest absolute Gasteiger partial charge is 0.395 e. The Morgan fingerprint density at radius 2 is 2.08 bits per heavy atom. The van der Waals surface area contributed by atoms with Crippen molar-refractivity contribution < 1.29 is 5.11 Å². The van der Waals surface area contributed by atoms with E-state index in [0.29, 0.717) is 18.6 Å². The van der Waals surface area contributed by atoms with Crippen molar-refractivity contribution in [3.63, 3.8) is 0 Å². The zero-order valence-corrected chi connectivity index (χ0v) is 8.58. The molecule has 0 aliphatic heterocycles. The number of nitrogens with two attached hydrogens (primary N) is 1. The SMILES string of the molecule is CC(CN)N(CCO)C1CCCC1. The molecule has 0 aromatic rings. The third-order valence-electron chi connectivity index (χ3n) is 3.06. The van der Waals surface area contributed by atoms with Crippen molar-refractivity contribution in [3.05, 3.63) is 0 Å². The van der Waals surface area contributed by atoms with Gasteiger partial charge in [0.25, 0.3) is 0 Å². The van der Waals surface area contributed by atoms with Gasteiger partial charge in [0.05, 0.1) is 6.61 Å².